The molecule has 234 valence electrons. The molecule has 0 unspecified atom stereocenters. The zero-order valence-electron chi connectivity index (χ0n) is 25.0. The van der Waals surface area contributed by atoms with Crippen LogP contribution in [-0.4, -0.2) is 69.1 Å². The lowest BCUT2D eigenvalue weighted by atomic mass is 9.97. The molecule has 7 rings (SSSR count). The number of halogens is 2. The van der Waals surface area contributed by atoms with E-state index >= 15 is 0 Å². The first-order chi connectivity index (χ1) is 20.9. The summed E-state index contributed by atoms with van der Waals surface area (Å²) in [5, 5.41) is 0.701. The number of fused-ring (bicyclic) bond motifs is 4. The van der Waals surface area contributed by atoms with E-state index in [0.717, 1.165) is 61.9 Å². The van der Waals surface area contributed by atoms with Crippen LogP contribution in [0.1, 0.15) is 74.3 Å². The monoisotopic (exact) mass is 625 g/mol. The molecule has 44 heavy (non-hydrogen) atoms. The molecule has 3 atom stereocenters. The number of imidazole rings is 1. The molecule has 2 N–H and O–H groups in total. The lowest BCUT2D eigenvalue weighted by molar-refractivity contribution is 0.0562. The highest BCUT2D eigenvalue weighted by atomic mass is 32.2. The maximum Gasteiger partial charge on any atom is 0.329 e. The van der Waals surface area contributed by atoms with Gasteiger partial charge in [0.25, 0.3) is 5.91 Å². The number of nitrogens with two attached hydrogens (primary N) is 1. The van der Waals surface area contributed by atoms with E-state index in [4.69, 9.17) is 10.7 Å². The summed E-state index contributed by atoms with van der Waals surface area (Å²) < 4.78 is 56.2. The average molecular weight is 626 g/mol. The summed E-state index contributed by atoms with van der Waals surface area (Å²) in [6.45, 7) is 1.50. The highest BCUT2D eigenvalue weighted by Crippen LogP contribution is 2.40. The molecule has 2 aliphatic heterocycles. The first-order valence-electron chi connectivity index (χ1n) is 15.3. The van der Waals surface area contributed by atoms with Crippen LogP contribution in [0.25, 0.3) is 28.1 Å². The molecule has 1 aliphatic carbocycles. The number of piperidine rings is 1. The number of amides is 1. The van der Waals surface area contributed by atoms with Crippen molar-refractivity contribution in [2.24, 2.45) is 11.7 Å². The van der Waals surface area contributed by atoms with Gasteiger partial charge in [-0.1, -0.05) is 13.8 Å². The first-order valence-corrected chi connectivity index (χ1v) is 17.2. The van der Waals surface area contributed by atoms with Crippen molar-refractivity contribution in [1.82, 2.24) is 23.8 Å². The fraction of sp³-hybridized carbons (Fsp3) is 0.516. The molecular formula is C31H37F2N7O3S. The van der Waals surface area contributed by atoms with Crippen LogP contribution in [0.2, 0.25) is 0 Å². The number of rotatable bonds is 8. The van der Waals surface area contributed by atoms with E-state index in [1.165, 1.54) is 6.07 Å². The molecule has 10 nitrogen and oxygen atoms in total. The van der Waals surface area contributed by atoms with E-state index < -0.39 is 16.6 Å². The molecule has 0 spiro atoms. The van der Waals surface area contributed by atoms with Gasteiger partial charge < -0.3 is 19.6 Å². The van der Waals surface area contributed by atoms with Crippen LogP contribution in [0.5, 0.6) is 0 Å². The summed E-state index contributed by atoms with van der Waals surface area (Å²) in [7, 11) is -4.26. The SMILES string of the molecule is CC(C)c1c(-c2cc3ccc(N(C(F)F)S(C)(=O)=O)nc3n2CC2CC2)nc2cc(C(=O)N3[C@@H]4CC[C@@H](N)[C@H]3CC4)ccn12. The standard InChI is InChI=1S/C31H37F2N7O3S/c1-17(2)28-27(35-26-15-20(12-13-37(26)28)30(41)39-21-7-9-22(34)23(39)10-8-21)24-14-19-6-11-25(40(31(32)33)44(3,42)43)36-29(19)38(24)16-18-4-5-18/h6,11-15,17-18,21-23,31H,4-5,7-10,16,34H2,1-3H3/t21-,22-,23-/m1/s1. The van der Waals surface area contributed by atoms with Gasteiger partial charge in [0.05, 0.1) is 17.6 Å². The van der Waals surface area contributed by atoms with Gasteiger partial charge in [0.2, 0.25) is 10.0 Å². The van der Waals surface area contributed by atoms with E-state index in [0.29, 0.717) is 34.7 Å². The van der Waals surface area contributed by atoms with E-state index in [1.807, 2.05) is 38.3 Å². The maximum atomic E-state index is 13.9. The topological polar surface area (TPSA) is 119 Å². The number of pyridine rings is 2. The Morgan fingerprint density at radius 1 is 1.07 bits per heavy atom. The molecule has 4 aromatic heterocycles. The van der Waals surface area contributed by atoms with Crippen LogP contribution in [0, 0.1) is 5.92 Å². The third kappa shape index (κ3) is 4.84. The summed E-state index contributed by atoms with van der Waals surface area (Å²) in [4.78, 5) is 25.3. The molecule has 13 heteroatoms. The van der Waals surface area contributed by atoms with Crippen LogP contribution < -0.4 is 10.0 Å². The van der Waals surface area contributed by atoms with E-state index in [2.05, 4.69) is 18.8 Å². The second-order valence-electron chi connectivity index (χ2n) is 12.9. The van der Waals surface area contributed by atoms with Crippen LogP contribution in [0.4, 0.5) is 14.6 Å². The Morgan fingerprint density at radius 3 is 2.50 bits per heavy atom. The van der Waals surface area contributed by atoms with Gasteiger partial charge in [0.1, 0.15) is 22.8 Å². The van der Waals surface area contributed by atoms with Gasteiger partial charge >= 0.3 is 6.55 Å². The Morgan fingerprint density at radius 2 is 1.82 bits per heavy atom. The molecule has 6 heterocycles. The quantitative estimate of drug-likeness (QED) is 0.277. The Bertz CT molecular complexity index is 1880. The zero-order chi connectivity index (χ0) is 31.1. The number of aromatic nitrogens is 4. The smallest absolute Gasteiger partial charge is 0.329 e. The molecule has 2 bridgehead atoms. The Labute approximate surface area is 254 Å². The third-order valence-electron chi connectivity index (χ3n) is 9.44. The lowest BCUT2D eigenvalue weighted by Gasteiger charge is -2.38. The van der Waals surface area contributed by atoms with Crippen molar-refractivity contribution in [3.63, 3.8) is 0 Å². The second-order valence-corrected chi connectivity index (χ2v) is 14.8. The Kier molecular flexibility index (Phi) is 6.96. The molecule has 4 aromatic rings. The minimum Gasteiger partial charge on any atom is -0.331 e. The van der Waals surface area contributed by atoms with Crippen molar-refractivity contribution in [3.05, 3.63) is 47.8 Å². The summed E-state index contributed by atoms with van der Waals surface area (Å²) >= 11 is 0. The fourth-order valence-corrected chi connectivity index (χ4v) is 7.92. The van der Waals surface area contributed by atoms with Crippen LogP contribution in [0.15, 0.2) is 36.5 Å². The van der Waals surface area contributed by atoms with E-state index in [-0.39, 0.29) is 40.1 Å². The predicted molar refractivity (Wildman–Crippen MR) is 164 cm³/mol. The number of carbonyl (C=O) groups is 1. The molecule has 3 aliphatic rings. The van der Waals surface area contributed by atoms with Gasteiger partial charge in [0.15, 0.2) is 0 Å². The molecular weight excluding hydrogens is 588 g/mol. The first kappa shape index (κ1) is 29.1. The minimum atomic E-state index is -4.26. The number of carbonyl (C=O) groups excluding carboxylic acids is 1. The minimum absolute atomic E-state index is 0.000257. The lowest BCUT2D eigenvalue weighted by Crippen LogP contribution is -2.53. The largest absolute Gasteiger partial charge is 0.331 e. The van der Waals surface area contributed by atoms with Crippen LogP contribution in [-0.2, 0) is 16.6 Å². The van der Waals surface area contributed by atoms with Crippen molar-refractivity contribution >= 4 is 38.4 Å². The molecule has 0 aromatic carbocycles. The highest BCUT2D eigenvalue weighted by molar-refractivity contribution is 7.92. The number of hydrogen-bond donors (Lipinski definition) is 1. The number of nitrogens with zero attached hydrogens (tertiary/aromatic N) is 6. The summed E-state index contributed by atoms with van der Waals surface area (Å²) in [6, 6.07) is 8.87. The average Bonchev–Trinajstić information content (AvgIpc) is 3.46. The van der Waals surface area contributed by atoms with E-state index in [9.17, 15) is 22.0 Å². The normalized spacial score (nSPS) is 22.2. The summed E-state index contributed by atoms with van der Waals surface area (Å²) in [6.07, 6.45) is 8.52. The summed E-state index contributed by atoms with van der Waals surface area (Å²) in [5.41, 5.74) is 10.5. The van der Waals surface area contributed by atoms with Crippen molar-refractivity contribution in [2.75, 3.05) is 10.6 Å². The highest BCUT2D eigenvalue weighted by Gasteiger charge is 2.43. The van der Waals surface area contributed by atoms with Crippen molar-refractivity contribution in [2.45, 2.75) is 89.5 Å². The fourth-order valence-electron chi connectivity index (χ4n) is 7.19. The van der Waals surface area contributed by atoms with E-state index in [1.54, 1.807) is 6.07 Å². The number of sulfonamides is 1. The maximum absolute atomic E-state index is 13.9. The van der Waals surface area contributed by atoms with Crippen LogP contribution in [0.3, 0.4) is 0 Å². The predicted octanol–water partition coefficient (Wildman–Crippen LogP) is 4.97. The molecule has 1 saturated carbocycles. The molecule has 2 saturated heterocycles. The van der Waals surface area contributed by atoms with Gasteiger partial charge in [-0.2, -0.15) is 13.1 Å². The van der Waals surface area contributed by atoms with Gasteiger partial charge in [-0.3, -0.25) is 4.79 Å². The molecule has 3 fully saturated rings. The van der Waals surface area contributed by atoms with Crippen molar-refractivity contribution in [3.8, 4) is 11.4 Å². The van der Waals surface area contributed by atoms with Crippen molar-refractivity contribution < 1.29 is 22.0 Å². The number of anilines is 1. The zero-order valence-corrected chi connectivity index (χ0v) is 25.8. The van der Waals surface area contributed by atoms with Gasteiger partial charge in [0, 0.05) is 41.8 Å². The second kappa shape index (κ2) is 10.5. The molecule has 1 amide bonds. The summed E-state index contributed by atoms with van der Waals surface area (Å²) in [5.74, 6) is 0.129. The third-order valence-corrected chi connectivity index (χ3v) is 10.5. The number of hydrogen-bond acceptors (Lipinski definition) is 6. The Hall–Kier alpha value is -3.58. The van der Waals surface area contributed by atoms with Gasteiger partial charge in [-0.15, -0.1) is 0 Å². The van der Waals surface area contributed by atoms with Crippen molar-refractivity contribution in [1.29, 1.82) is 0 Å². The van der Waals surface area contributed by atoms with Gasteiger partial charge in [-0.05, 0) is 80.7 Å². The number of alkyl halides is 2. The van der Waals surface area contributed by atoms with Crippen LogP contribution >= 0.6 is 0 Å². The Balaban J connectivity index is 1.35. The van der Waals surface area contributed by atoms with Gasteiger partial charge in [-0.25, -0.2) is 18.4 Å². The molecule has 0 radical (unpaired) electrons.